The highest BCUT2D eigenvalue weighted by Crippen LogP contribution is 2.56. The number of nitro groups is 1. The molecule has 0 aromatic heterocycles. The number of esters is 1. The molecule has 3 aromatic carbocycles. The zero-order valence-electron chi connectivity index (χ0n) is 27.2. The fraction of sp³-hybridized carbons (Fsp3) is 0.278. The van der Waals surface area contributed by atoms with Gasteiger partial charge in [0.05, 0.1) is 42.8 Å². The Morgan fingerprint density at radius 2 is 2.02 bits per heavy atom. The number of aliphatic hydroxyl groups is 1. The van der Waals surface area contributed by atoms with E-state index in [-0.39, 0.29) is 34.9 Å². The molecule has 0 bridgehead atoms. The number of hydrogen-bond acceptors (Lipinski definition) is 9. The van der Waals surface area contributed by atoms with Gasteiger partial charge in [-0.2, -0.15) is 0 Å². The number of aliphatic hydroxyl groups excluding tert-OH is 1. The van der Waals surface area contributed by atoms with Crippen molar-refractivity contribution in [1.29, 1.82) is 0 Å². The number of ether oxygens (including phenoxy) is 2. The van der Waals surface area contributed by atoms with Crippen molar-refractivity contribution in [2.45, 2.75) is 37.6 Å². The fourth-order valence-corrected chi connectivity index (χ4v) is 7.13. The largest absolute Gasteiger partial charge is 0.494 e. The van der Waals surface area contributed by atoms with Crippen LogP contribution in [0.5, 0.6) is 5.75 Å². The van der Waals surface area contributed by atoms with Gasteiger partial charge < -0.3 is 25.2 Å². The number of benzene rings is 3. The van der Waals surface area contributed by atoms with Crippen LogP contribution >= 0.6 is 23.2 Å². The number of nitrogens with zero attached hydrogens (tertiary/aromatic N) is 2. The molecule has 1 spiro atoms. The first-order valence-corrected chi connectivity index (χ1v) is 16.4. The van der Waals surface area contributed by atoms with E-state index >= 15 is 4.39 Å². The molecule has 3 N–H and O–H groups in total. The number of carbonyl (C=O) groups is 2. The van der Waals surface area contributed by atoms with Gasteiger partial charge in [-0.05, 0) is 55.0 Å². The van der Waals surface area contributed by atoms with Gasteiger partial charge in [-0.25, -0.2) is 9.18 Å². The molecule has 2 aliphatic rings. The summed E-state index contributed by atoms with van der Waals surface area (Å²) in [5.41, 5.74) is -0.407. The van der Waals surface area contributed by atoms with Crippen LogP contribution in [0.2, 0.25) is 5.02 Å². The molecular formula is C36H35Cl2FN4O7. The van der Waals surface area contributed by atoms with Crippen LogP contribution in [-0.2, 0) is 28.2 Å². The molecule has 50 heavy (non-hydrogen) atoms. The number of allylic oxidation sites excluding steroid dienone is 4. The Balaban J connectivity index is 1.69. The highest BCUT2D eigenvalue weighted by molar-refractivity contribution is 6.31. The number of methoxy groups -OCH3 is 1. The SMILES string of the molecule is C=C(Cl)/C=C\C=C(/F)[C@H]1[C@H](NCc2ccc(C(=O)OC)cc2[N+](=O)[O-])[C@H](CO)N(Cc2cccc(OCC)c2)[C@@]12C(=O)Nc1cc(Cl)ccc12. The Hall–Kier alpha value is -4.59. The van der Waals surface area contributed by atoms with Crippen LogP contribution in [0.15, 0.2) is 96.3 Å². The van der Waals surface area contributed by atoms with E-state index in [9.17, 15) is 24.8 Å². The van der Waals surface area contributed by atoms with Gasteiger partial charge in [0.15, 0.2) is 0 Å². The molecule has 11 nitrogen and oxygen atoms in total. The zero-order chi connectivity index (χ0) is 36.2. The molecular weight excluding hydrogens is 690 g/mol. The van der Waals surface area contributed by atoms with Crippen LogP contribution in [0.3, 0.4) is 0 Å². The Labute approximate surface area is 298 Å². The molecule has 4 atom stereocenters. The summed E-state index contributed by atoms with van der Waals surface area (Å²) in [5.74, 6) is -2.73. The predicted octanol–water partition coefficient (Wildman–Crippen LogP) is 6.39. The van der Waals surface area contributed by atoms with Crippen molar-refractivity contribution < 1.29 is 33.5 Å². The molecule has 5 rings (SSSR count). The number of anilines is 1. The van der Waals surface area contributed by atoms with Crippen LogP contribution in [0.1, 0.15) is 34.0 Å². The van der Waals surface area contributed by atoms with Crippen molar-refractivity contribution in [3.8, 4) is 5.75 Å². The summed E-state index contributed by atoms with van der Waals surface area (Å²) in [6, 6.07) is 14.1. The van der Waals surface area contributed by atoms with Crippen LogP contribution in [0.4, 0.5) is 15.8 Å². The van der Waals surface area contributed by atoms with E-state index in [0.29, 0.717) is 28.6 Å². The summed E-state index contributed by atoms with van der Waals surface area (Å²) in [5, 5.41) is 29.8. The molecule has 2 heterocycles. The first-order valence-electron chi connectivity index (χ1n) is 15.6. The summed E-state index contributed by atoms with van der Waals surface area (Å²) in [4.78, 5) is 39.8. The van der Waals surface area contributed by atoms with Gasteiger partial charge in [0.1, 0.15) is 17.1 Å². The van der Waals surface area contributed by atoms with Crippen LogP contribution in [0.25, 0.3) is 0 Å². The maximum absolute atomic E-state index is 17.0. The number of likely N-dealkylation sites (tertiary alicyclic amines) is 1. The highest BCUT2D eigenvalue weighted by Gasteiger charge is 2.67. The second-order valence-electron chi connectivity index (χ2n) is 11.7. The zero-order valence-corrected chi connectivity index (χ0v) is 28.7. The Kier molecular flexibility index (Phi) is 11.4. The number of carbonyl (C=O) groups excluding carboxylic acids is 2. The number of nitrogens with one attached hydrogen (secondary N) is 2. The van der Waals surface area contributed by atoms with Crippen LogP contribution in [-0.4, -0.2) is 59.2 Å². The van der Waals surface area contributed by atoms with E-state index in [4.69, 9.17) is 32.7 Å². The minimum absolute atomic E-state index is 0.0196. The first kappa shape index (κ1) is 36.7. The lowest BCUT2D eigenvalue weighted by Crippen LogP contribution is -2.52. The number of fused-ring (bicyclic) bond motifs is 2. The molecule has 1 fully saturated rings. The Morgan fingerprint density at radius 1 is 1.24 bits per heavy atom. The monoisotopic (exact) mass is 724 g/mol. The Morgan fingerprint density at radius 3 is 2.70 bits per heavy atom. The van der Waals surface area contributed by atoms with Gasteiger partial charge in [-0.15, -0.1) is 0 Å². The highest BCUT2D eigenvalue weighted by atomic mass is 35.5. The van der Waals surface area contributed by atoms with E-state index in [1.165, 1.54) is 37.5 Å². The molecule has 262 valence electrons. The fourth-order valence-electron chi connectivity index (χ4n) is 6.88. The van der Waals surface area contributed by atoms with Crippen molar-refractivity contribution in [2.75, 3.05) is 25.6 Å². The lowest BCUT2D eigenvalue weighted by atomic mass is 9.76. The summed E-state index contributed by atoms with van der Waals surface area (Å²) in [6.07, 6.45) is 3.93. The van der Waals surface area contributed by atoms with Gasteiger partial charge in [0.25, 0.3) is 5.69 Å². The average molecular weight is 726 g/mol. The number of rotatable bonds is 13. The number of halogens is 3. The third-order valence-electron chi connectivity index (χ3n) is 8.87. The van der Waals surface area contributed by atoms with Crippen molar-refractivity contribution >= 4 is 46.5 Å². The maximum atomic E-state index is 17.0. The number of nitro benzene ring substituents is 1. The summed E-state index contributed by atoms with van der Waals surface area (Å²) in [7, 11) is 1.17. The summed E-state index contributed by atoms with van der Waals surface area (Å²) in [6.45, 7) is 5.24. The van der Waals surface area contributed by atoms with Gasteiger partial charge in [-0.1, -0.05) is 60.1 Å². The third-order valence-corrected chi connectivity index (χ3v) is 9.24. The lowest BCUT2D eigenvalue weighted by molar-refractivity contribution is -0.385. The quantitative estimate of drug-likeness (QED) is 0.0790. The topological polar surface area (TPSA) is 143 Å². The minimum Gasteiger partial charge on any atom is -0.494 e. The van der Waals surface area contributed by atoms with Gasteiger partial charge in [0, 0.05) is 52.1 Å². The van der Waals surface area contributed by atoms with Gasteiger partial charge in [0.2, 0.25) is 5.91 Å². The van der Waals surface area contributed by atoms with Crippen LogP contribution < -0.4 is 15.4 Å². The van der Waals surface area contributed by atoms with Crippen molar-refractivity contribution in [3.05, 3.63) is 134 Å². The second-order valence-corrected chi connectivity index (χ2v) is 12.6. The van der Waals surface area contributed by atoms with E-state index in [1.807, 2.05) is 19.1 Å². The molecule has 1 saturated heterocycles. The molecule has 0 unspecified atom stereocenters. The second kappa shape index (κ2) is 15.5. The molecule has 0 saturated carbocycles. The third kappa shape index (κ3) is 7.03. The molecule has 14 heteroatoms. The molecule has 0 radical (unpaired) electrons. The molecule has 1 amide bonds. The van der Waals surface area contributed by atoms with Gasteiger partial charge in [-0.3, -0.25) is 19.8 Å². The van der Waals surface area contributed by atoms with Crippen LogP contribution in [0, 0.1) is 16.0 Å². The average Bonchev–Trinajstić information content (AvgIpc) is 3.52. The molecule has 3 aromatic rings. The van der Waals surface area contributed by atoms with Gasteiger partial charge >= 0.3 is 5.97 Å². The standard InChI is InChI=1S/C36H35Cl2FN4O7/c1-4-50-26-9-6-8-22(15-26)19-42-31(20-44)33(40-18-24-12-11-23(34(45)49-3)16-30(24)43(47)48)32(28(39)10-5-7-21(2)37)36(42)27-14-13-25(38)17-29(27)41-35(36)46/h5-17,31-33,40,44H,2,4,18-20H2,1,3H3,(H,41,46)/b7-5-,28-10-/t31-,32-,33+,36+/m0/s1. The van der Waals surface area contributed by atoms with E-state index in [0.717, 1.165) is 11.6 Å². The molecule has 2 aliphatic heterocycles. The van der Waals surface area contributed by atoms with Crippen molar-refractivity contribution in [1.82, 2.24) is 10.2 Å². The van der Waals surface area contributed by atoms with E-state index in [1.54, 1.807) is 35.2 Å². The predicted molar refractivity (Wildman–Crippen MR) is 188 cm³/mol. The lowest BCUT2D eigenvalue weighted by Gasteiger charge is -2.38. The summed E-state index contributed by atoms with van der Waals surface area (Å²) >= 11 is 12.2. The Bertz CT molecular complexity index is 1890. The minimum atomic E-state index is -1.74. The number of amides is 1. The van der Waals surface area contributed by atoms with E-state index in [2.05, 4.69) is 17.2 Å². The van der Waals surface area contributed by atoms with Crippen molar-refractivity contribution in [3.63, 3.8) is 0 Å². The van der Waals surface area contributed by atoms with Crippen molar-refractivity contribution in [2.24, 2.45) is 5.92 Å². The maximum Gasteiger partial charge on any atom is 0.338 e. The smallest absolute Gasteiger partial charge is 0.338 e. The normalized spacial score (nSPS) is 21.8. The summed E-state index contributed by atoms with van der Waals surface area (Å²) < 4.78 is 27.4. The first-order chi connectivity index (χ1) is 24.0. The van der Waals surface area contributed by atoms with E-state index < -0.39 is 52.8 Å². The molecule has 0 aliphatic carbocycles. The number of hydrogen-bond donors (Lipinski definition) is 3.